The van der Waals surface area contributed by atoms with Crippen LogP contribution >= 0.6 is 0 Å². The van der Waals surface area contributed by atoms with Crippen molar-refractivity contribution in [1.82, 2.24) is 0 Å². The second kappa shape index (κ2) is 6.05. The monoisotopic (exact) mass is 290 g/mol. The van der Waals surface area contributed by atoms with E-state index < -0.39 is 5.54 Å². The van der Waals surface area contributed by atoms with Crippen molar-refractivity contribution in [3.8, 4) is 11.8 Å². The Kier molecular flexibility index (Phi) is 3.95. The van der Waals surface area contributed by atoms with Crippen molar-refractivity contribution in [3.63, 3.8) is 0 Å². The molecule has 2 N–H and O–H groups in total. The second-order valence-electron chi connectivity index (χ2n) is 5.57. The molecule has 0 fully saturated rings. The molecule has 3 rings (SSSR count). The average Bonchev–Trinajstić information content (AvgIpc) is 2.54. The molecule has 2 aromatic carbocycles. The summed E-state index contributed by atoms with van der Waals surface area (Å²) >= 11 is 0. The Morgan fingerprint density at radius 2 is 1.77 bits per heavy atom. The van der Waals surface area contributed by atoms with E-state index in [9.17, 15) is 0 Å². The van der Waals surface area contributed by atoms with Crippen LogP contribution in [0.2, 0.25) is 0 Å². The van der Waals surface area contributed by atoms with E-state index in [0.29, 0.717) is 19.0 Å². The Balaban J connectivity index is 1.91. The molecule has 0 saturated carbocycles. The molecule has 1 aliphatic heterocycles. The molecule has 1 unspecified atom stereocenters. The SMILES string of the molecule is CC1(c2cccc(C#Cc3ccccc3)c2)COCC(N)=N1. The van der Waals surface area contributed by atoms with Crippen molar-refractivity contribution >= 4 is 5.84 Å². The van der Waals surface area contributed by atoms with Gasteiger partial charge < -0.3 is 10.5 Å². The summed E-state index contributed by atoms with van der Waals surface area (Å²) in [4.78, 5) is 4.57. The van der Waals surface area contributed by atoms with E-state index in [4.69, 9.17) is 10.5 Å². The van der Waals surface area contributed by atoms with E-state index in [1.807, 2.05) is 55.5 Å². The lowest BCUT2D eigenvalue weighted by Gasteiger charge is -2.30. The van der Waals surface area contributed by atoms with Crippen molar-refractivity contribution in [1.29, 1.82) is 0 Å². The first-order chi connectivity index (χ1) is 10.7. The summed E-state index contributed by atoms with van der Waals surface area (Å²) in [5.41, 5.74) is 8.41. The molecular formula is C19H18N2O. The average molecular weight is 290 g/mol. The largest absolute Gasteiger partial charge is 0.386 e. The van der Waals surface area contributed by atoms with Crippen LogP contribution in [0.25, 0.3) is 0 Å². The number of hydrogen-bond donors (Lipinski definition) is 1. The number of benzene rings is 2. The highest BCUT2D eigenvalue weighted by Crippen LogP contribution is 2.28. The zero-order chi connectivity index (χ0) is 15.4. The van der Waals surface area contributed by atoms with E-state index in [1.54, 1.807) is 0 Å². The molecule has 1 atom stereocenters. The van der Waals surface area contributed by atoms with Crippen LogP contribution in [0.5, 0.6) is 0 Å². The van der Waals surface area contributed by atoms with Crippen molar-refractivity contribution in [3.05, 3.63) is 71.3 Å². The van der Waals surface area contributed by atoms with Gasteiger partial charge in [-0.1, -0.05) is 42.2 Å². The Morgan fingerprint density at radius 1 is 1.05 bits per heavy atom. The number of aliphatic imine (C=N–C) groups is 1. The van der Waals surface area contributed by atoms with Gasteiger partial charge in [0.05, 0.1) is 6.61 Å². The predicted molar refractivity (Wildman–Crippen MR) is 88.7 cm³/mol. The normalized spacial score (nSPS) is 20.7. The second-order valence-corrected chi connectivity index (χ2v) is 5.57. The number of amidine groups is 1. The number of rotatable bonds is 1. The summed E-state index contributed by atoms with van der Waals surface area (Å²) in [6, 6.07) is 18.0. The summed E-state index contributed by atoms with van der Waals surface area (Å²) < 4.78 is 5.53. The molecular weight excluding hydrogens is 272 g/mol. The Labute approximate surface area is 130 Å². The van der Waals surface area contributed by atoms with Crippen molar-refractivity contribution in [2.75, 3.05) is 13.2 Å². The maximum atomic E-state index is 5.82. The summed E-state index contributed by atoms with van der Waals surface area (Å²) in [5, 5.41) is 0. The minimum atomic E-state index is -0.438. The molecule has 22 heavy (non-hydrogen) atoms. The first kappa shape index (κ1) is 14.4. The van der Waals surface area contributed by atoms with Crippen LogP contribution < -0.4 is 5.73 Å². The van der Waals surface area contributed by atoms with Gasteiger partial charge in [-0.05, 0) is 36.8 Å². The van der Waals surface area contributed by atoms with Crippen LogP contribution in [0.3, 0.4) is 0 Å². The van der Waals surface area contributed by atoms with Gasteiger partial charge in [-0.25, -0.2) is 0 Å². The first-order valence-electron chi connectivity index (χ1n) is 7.25. The van der Waals surface area contributed by atoms with E-state index in [-0.39, 0.29) is 0 Å². The quantitative estimate of drug-likeness (QED) is 0.821. The fourth-order valence-electron chi connectivity index (χ4n) is 2.48. The van der Waals surface area contributed by atoms with Gasteiger partial charge in [-0.15, -0.1) is 0 Å². The Hall–Kier alpha value is -2.57. The molecule has 0 radical (unpaired) electrons. The van der Waals surface area contributed by atoms with Crippen molar-refractivity contribution < 1.29 is 4.74 Å². The van der Waals surface area contributed by atoms with Gasteiger partial charge in [0, 0.05) is 11.1 Å². The summed E-state index contributed by atoms with van der Waals surface area (Å²) in [5.74, 6) is 6.91. The molecule has 0 spiro atoms. The molecule has 110 valence electrons. The molecule has 2 aromatic rings. The van der Waals surface area contributed by atoms with Gasteiger partial charge in [-0.2, -0.15) is 0 Å². The van der Waals surface area contributed by atoms with Crippen LogP contribution in [0.15, 0.2) is 59.6 Å². The Bertz CT molecular complexity index is 756. The van der Waals surface area contributed by atoms with Crippen LogP contribution in [-0.2, 0) is 10.3 Å². The minimum absolute atomic E-state index is 0.406. The smallest absolute Gasteiger partial charge is 0.121 e. The standard InChI is InChI=1S/C19H18N2O/c1-19(14-22-13-18(20)21-19)17-9-5-8-16(12-17)11-10-15-6-3-2-4-7-15/h2-9,12H,13-14H2,1H3,(H2,20,21). The number of nitrogens with two attached hydrogens (primary N) is 1. The molecule has 0 saturated heterocycles. The fraction of sp³-hybridized carbons (Fsp3) is 0.211. The summed E-state index contributed by atoms with van der Waals surface area (Å²) in [6.45, 7) is 2.97. The zero-order valence-corrected chi connectivity index (χ0v) is 12.5. The highest BCUT2D eigenvalue weighted by molar-refractivity contribution is 5.82. The molecule has 0 aromatic heterocycles. The van der Waals surface area contributed by atoms with Crippen molar-refractivity contribution in [2.45, 2.75) is 12.5 Å². The lowest BCUT2D eigenvalue weighted by atomic mass is 9.91. The topological polar surface area (TPSA) is 47.6 Å². The Morgan fingerprint density at radius 3 is 2.55 bits per heavy atom. The first-order valence-corrected chi connectivity index (χ1v) is 7.25. The highest BCUT2D eigenvalue weighted by Gasteiger charge is 2.29. The third-order valence-corrected chi connectivity index (χ3v) is 3.63. The summed E-state index contributed by atoms with van der Waals surface area (Å²) in [7, 11) is 0. The fourth-order valence-corrected chi connectivity index (χ4v) is 2.48. The molecule has 3 nitrogen and oxygen atoms in total. The molecule has 0 bridgehead atoms. The number of hydrogen-bond acceptors (Lipinski definition) is 3. The van der Waals surface area contributed by atoms with Gasteiger partial charge in [0.25, 0.3) is 0 Å². The van der Waals surface area contributed by atoms with Crippen LogP contribution in [0.4, 0.5) is 0 Å². The number of nitrogens with zero attached hydrogens (tertiary/aromatic N) is 1. The van der Waals surface area contributed by atoms with Gasteiger partial charge >= 0.3 is 0 Å². The third kappa shape index (κ3) is 3.19. The summed E-state index contributed by atoms with van der Waals surface area (Å²) in [6.07, 6.45) is 0. The molecule has 0 amide bonds. The molecule has 1 heterocycles. The predicted octanol–water partition coefficient (Wildman–Crippen LogP) is 2.69. The van der Waals surface area contributed by atoms with Crippen LogP contribution in [0.1, 0.15) is 23.6 Å². The van der Waals surface area contributed by atoms with Crippen LogP contribution in [-0.4, -0.2) is 19.0 Å². The lowest BCUT2D eigenvalue weighted by Crippen LogP contribution is -2.37. The maximum absolute atomic E-state index is 5.82. The minimum Gasteiger partial charge on any atom is -0.386 e. The zero-order valence-electron chi connectivity index (χ0n) is 12.5. The third-order valence-electron chi connectivity index (χ3n) is 3.63. The van der Waals surface area contributed by atoms with E-state index in [0.717, 1.165) is 16.7 Å². The van der Waals surface area contributed by atoms with E-state index in [1.165, 1.54) is 0 Å². The van der Waals surface area contributed by atoms with Gasteiger partial charge in [0.15, 0.2) is 0 Å². The van der Waals surface area contributed by atoms with Crippen LogP contribution in [0, 0.1) is 11.8 Å². The van der Waals surface area contributed by atoms with Gasteiger partial charge in [0.1, 0.15) is 18.0 Å². The molecule has 3 heteroatoms. The van der Waals surface area contributed by atoms with E-state index >= 15 is 0 Å². The maximum Gasteiger partial charge on any atom is 0.121 e. The van der Waals surface area contributed by atoms with Gasteiger partial charge in [-0.3, -0.25) is 4.99 Å². The lowest BCUT2D eigenvalue weighted by molar-refractivity contribution is 0.106. The number of ether oxygens (including phenoxy) is 1. The van der Waals surface area contributed by atoms with E-state index in [2.05, 4.69) is 22.9 Å². The molecule has 1 aliphatic rings. The van der Waals surface area contributed by atoms with Crippen molar-refractivity contribution in [2.24, 2.45) is 10.7 Å². The highest BCUT2D eigenvalue weighted by atomic mass is 16.5. The van der Waals surface area contributed by atoms with Gasteiger partial charge in [0.2, 0.25) is 0 Å². The molecule has 0 aliphatic carbocycles.